The lowest BCUT2D eigenvalue weighted by Gasteiger charge is -2.36. The maximum absolute atomic E-state index is 13.6. The monoisotopic (exact) mass is 586 g/mol. The van der Waals surface area contributed by atoms with E-state index in [1.807, 2.05) is 0 Å². The minimum Gasteiger partial charge on any atom is -0.466 e. The highest BCUT2D eigenvalue weighted by atomic mass is 32.2. The Bertz CT molecular complexity index is 1230. The predicted octanol–water partition coefficient (Wildman–Crippen LogP) is 5.78. The number of anilines is 1. The summed E-state index contributed by atoms with van der Waals surface area (Å²) < 4.78 is 7.52. The minimum atomic E-state index is -0.335. The van der Waals surface area contributed by atoms with Gasteiger partial charge in [-0.1, -0.05) is 69.9 Å². The first kappa shape index (κ1) is 31.9. The van der Waals surface area contributed by atoms with Gasteiger partial charge in [-0.15, -0.1) is 0 Å². The molecule has 0 radical (unpaired) electrons. The third kappa shape index (κ3) is 7.35. The fourth-order valence-electron chi connectivity index (χ4n) is 5.33. The third-order valence-electron chi connectivity index (χ3n) is 7.56. The maximum Gasteiger partial charge on any atom is 0.310 e. The molecular formula is C30H42N4O4S2. The van der Waals surface area contributed by atoms with Crippen LogP contribution in [0.15, 0.2) is 9.70 Å². The van der Waals surface area contributed by atoms with Gasteiger partial charge in [0.2, 0.25) is 0 Å². The molecule has 1 unspecified atom stereocenters. The summed E-state index contributed by atoms with van der Waals surface area (Å²) in [5.74, 6) is -0.0167. The predicted molar refractivity (Wildman–Crippen MR) is 165 cm³/mol. The summed E-state index contributed by atoms with van der Waals surface area (Å²) in [7, 11) is 0. The van der Waals surface area contributed by atoms with E-state index in [0.717, 1.165) is 51.4 Å². The molecule has 40 heavy (non-hydrogen) atoms. The number of thioether (sulfide) groups is 1. The number of carbonyl (C=O) groups excluding carboxylic acids is 2. The van der Waals surface area contributed by atoms with Crippen LogP contribution < -0.4 is 10.5 Å². The molecule has 2 aliphatic rings. The number of nitriles is 1. The number of hydrogen-bond acceptors (Lipinski definition) is 8. The number of thiocarbonyl (C=S) groups is 1. The number of esters is 1. The first-order chi connectivity index (χ1) is 19.3. The highest BCUT2D eigenvalue weighted by Gasteiger charge is 2.34. The lowest BCUT2D eigenvalue weighted by atomic mass is 9.96. The van der Waals surface area contributed by atoms with Crippen molar-refractivity contribution >= 4 is 52.1 Å². The molecule has 1 aromatic heterocycles. The van der Waals surface area contributed by atoms with Crippen LogP contribution in [0, 0.1) is 24.2 Å². The highest BCUT2D eigenvalue weighted by molar-refractivity contribution is 8.26. The number of aromatic nitrogens is 1. The van der Waals surface area contributed by atoms with Gasteiger partial charge in [-0.25, -0.2) is 0 Å². The summed E-state index contributed by atoms with van der Waals surface area (Å²) in [6, 6.07) is 2.11. The second-order valence-corrected chi connectivity index (χ2v) is 12.1. The summed E-state index contributed by atoms with van der Waals surface area (Å²) >= 11 is 6.85. The van der Waals surface area contributed by atoms with Crippen LogP contribution in [-0.2, 0) is 20.9 Å². The molecule has 3 heterocycles. The molecule has 2 aliphatic heterocycles. The van der Waals surface area contributed by atoms with Gasteiger partial charge in [0.15, 0.2) is 0 Å². The number of pyridine rings is 1. The number of unbranched alkanes of at least 4 members (excludes halogenated alkanes) is 5. The van der Waals surface area contributed by atoms with Gasteiger partial charge in [0.1, 0.15) is 21.8 Å². The Balaban J connectivity index is 2.07. The number of nitrogens with zero attached hydrogens (tertiary/aromatic N) is 4. The van der Waals surface area contributed by atoms with Crippen LogP contribution in [0.1, 0.15) is 95.2 Å². The summed E-state index contributed by atoms with van der Waals surface area (Å²) in [5, 5.41) is 9.94. The molecule has 1 atom stereocenters. The van der Waals surface area contributed by atoms with Gasteiger partial charge in [-0.2, -0.15) is 5.26 Å². The van der Waals surface area contributed by atoms with E-state index in [9.17, 15) is 19.6 Å². The molecule has 0 aromatic carbocycles. The zero-order chi connectivity index (χ0) is 29.2. The Morgan fingerprint density at radius 3 is 2.52 bits per heavy atom. The number of rotatable bonds is 13. The van der Waals surface area contributed by atoms with E-state index in [1.165, 1.54) is 18.2 Å². The molecular weight excluding hydrogens is 544 g/mol. The standard InChI is InChI=1S/C30H42N4O4S2/c1-5-8-10-11-12-17-34-28(36)25(40-30(34)39)18-23-21(4)24(19-31)27(35)33(16-9-6-2)26(23)32-15-13-14-22(20-32)29(37)38-7-3/h18,22H,5-17,20H2,1-4H3. The maximum atomic E-state index is 13.6. The summed E-state index contributed by atoms with van der Waals surface area (Å²) in [6.07, 6.45) is 10.4. The van der Waals surface area contributed by atoms with Crippen LogP contribution in [0.2, 0.25) is 0 Å². The van der Waals surface area contributed by atoms with Crippen molar-refractivity contribution in [2.75, 3.05) is 31.1 Å². The smallest absolute Gasteiger partial charge is 0.310 e. The van der Waals surface area contributed by atoms with Gasteiger partial charge < -0.3 is 9.64 Å². The molecule has 0 aliphatic carbocycles. The Kier molecular flexibility index (Phi) is 12.3. The quantitative estimate of drug-likeness (QED) is 0.124. The largest absolute Gasteiger partial charge is 0.466 e. The van der Waals surface area contributed by atoms with Gasteiger partial charge >= 0.3 is 5.97 Å². The molecule has 0 saturated carbocycles. The molecule has 8 nitrogen and oxygen atoms in total. The van der Waals surface area contributed by atoms with Gasteiger partial charge in [0.25, 0.3) is 11.5 Å². The number of piperidine rings is 1. The fraction of sp³-hybridized carbons (Fsp3) is 0.633. The second-order valence-electron chi connectivity index (χ2n) is 10.4. The summed E-state index contributed by atoms with van der Waals surface area (Å²) in [6.45, 7) is 10.2. The van der Waals surface area contributed by atoms with Gasteiger partial charge in [0, 0.05) is 31.7 Å². The first-order valence-electron chi connectivity index (χ1n) is 14.6. The lowest BCUT2D eigenvalue weighted by Crippen LogP contribution is -2.43. The average molecular weight is 587 g/mol. The van der Waals surface area contributed by atoms with Crippen LogP contribution in [0.25, 0.3) is 6.08 Å². The lowest BCUT2D eigenvalue weighted by molar-refractivity contribution is -0.148. The van der Waals surface area contributed by atoms with Crippen molar-refractivity contribution in [3.05, 3.63) is 31.9 Å². The number of carbonyl (C=O) groups is 2. The van der Waals surface area contributed by atoms with Gasteiger partial charge in [-0.05, 0) is 51.2 Å². The van der Waals surface area contributed by atoms with Gasteiger partial charge in [0.05, 0.1) is 17.4 Å². The van der Waals surface area contributed by atoms with Crippen molar-refractivity contribution in [1.82, 2.24) is 9.47 Å². The minimum absolute atomic E-state index is 0.0801. The molecule has 0 spiro atoms. The third-order valence-corrected chi connectivity index (χ3v) is 8.93. The Labute approximate surface area is 247 Å². The van der Waals surface area contributed by atoms with E-state index in [0.29, 0.717) is 59.0 Å². The Morgan fingerprint density at radius 1 is 1.12 bits per heavy atom. The highest BCUT2D eigenvalue weighted by Crippen LogP contribution is 2.37. The van der Waals surface area contributed by atoms with Crippen molar-refractivity contribution in [2.24, 2.45) is 5.92 Å². The zero-order valence-electron chi connectivity index (χ0n) is 24.3. The SMILES string of the molecule is CCCCCCCN1C(=O)C(=Cc2c(C)c(C#N)c(=O)n(CCCC)c2N2CCCC(C(=O)OCC)C2)SC1=S. The molecule has 3 rings (SSSR count). The first-order valence-corrected chi connectivity index (χ1v) is 15.9. The van der Waals surface area contributed by atoms with E-state index in [4.69, 9.17) is 17.0 Å². The van der Waals surface area contributed by atoms with Crippen LogP contribution in [-0.4, -0.2) is 51.9 Å². The Morgan fingerprint density at radius 2 is 1.85 bits per heavy atom. The molecule has 0 bridgehead atoms. The van der Waals surface area contributed by atoms with Crippen molar-refractivity contribution in [2.45, 2.75) is 92.0 Å². The molecule has 2 saturated heterocycles. The van der Waals surface area contributed by atoms with Crippen molar-refractivity contribution < 1.29 is 14.3 Å². The van der Waals surface area contributed by atoms with Crippen molar-refractivity contribution in [1.29, 1.82) is 5.26 Å². The van der Waals surface area contributed by atoms with Crippen LogP contribution in [0.5, 0.6) is 0 Å². The van der Waals surface area contributed by atoms with Crippen LogP contribution >= 0.6 is 24.0 Å². The van der Waals surface area contributed by atoms with Gasteiger partial charge in [-0.3, -0.25) is 23.9 Å². The molecule has 1 aromatic rings. The molecule has 218 valence electrons. The second kappa shape index (κ2) is 15.4. The number of hydrogen-bond donors (Lipinski definition) is 0. The van der Waals surface area contributed by atoms with E-state index >= 15 is 0 Å². The number of ether oxygens (including phenoxy) is 1. The Hall–Kier alpha value is -2.64. The van der Waals surface area contributed by atoms with Crippen molar-refractivity contribution in [3.8, 4) is 6.07 Å². The molecule has 2 fully saturated rings. The fourth-order valence-corrected chi connectivity index (χ4v) is 6.62. The zero-order valence-corrected chi connectivity index (χ0v) is 25.9. The molecule has 10 heteroatoms. The van der Waals surface area contributed by atoms with E-state index < -0.39 is 0 Å². The van der Waals surface area contributed by atoms with Crippen molar-refractivity contribution in [3.63, 3.8) is 0 Å². The number of amides is 1. The van der Waals surface area contributed by atoms with E-state index in [1.54, 1.807) is 29.4 Å². The normalized spacial score (nSPS) is 18.5. The molecule has 1 amide bonds. The summed E-state index contributed by atoms with van der Waals surface area (Å²) in [5.41, 5.74) is 0.952. The average Bonchev–Trinajstić information content (AvgIpc) is 3.21. The topological polar surface area (TPSA) is 95.6 Å². The van der Waals surface area contributed by atoms with E-state index in [-0.39, 0.29) is 28.9 Å². The summed E-state index contributed by atoms with van der Waals surface area (Å²) in [4.78, 5) is 43.9. The van der Waals surface area contributed by atoms with E-state index in [2.05, 4.69) is 24.8 Å². The van der Waals surface area contributed by atoms with Crippen LogP contribution in [0.3, 0.4) is 0 Å². The molecule has 0 N–H and O–H groups in total. The van der Waals surface area contributed by atoms with Crippen LogP contribution in [0.4, 0.5) is 5.82 Å².